The molecule has 3 aromatic heterocycles. The lowest BCUT2D eigenvalue weighted by Gasteiger charge is -2.34. The van der Waals surface area contributed by atoms with Gasteiger partial charge in [-0.3, -0.25) is 9.80 Å². The van der Waals surface area contributed by atoms with Crippen LogP contribution in [0.4, 0.5) is 16.9 Å². The van der Waals surface area contributed by atoms with E-state index in [1.165, 1.54) is 30.4 Å². The molecule has 1 aromatic carbocycles. The molecule has 0 saturated carbocycles. The molecule has 4 heterocycles. The maximum Gasteiger partial charge on any atom is 0.223 e. The van der Waals surface area contributed by atoms with Crippen molar-refractivity contribution in [2.45, 2.75) is 45.7 Å². The highest BCUT2D eigenvalue weighted by Gasteiger charge is 2.17. The number of nitrogens with one attached hydrogen (secondary N) is 2. The van der Waals surface area contributed by atoms with Gasteiger partial charge in [0.1, 0.15) is 5.82 Å². The zero-order chi connectivity index (χ0) is 26.7. The smallest absolute Gasteiger partial charge is 0.223 e. The van der Waals surface area contributed by atoms with Gasteiger partial charge >= 0.3 is 0 Å². The third-order valence-corrected chi connectivity index (χ3v) is 7.84. The third-order valence-electron chi connectivity index (χ3n) is 6.91. The summed E-state index contributed by atoms with van der Waals surface area (Å²) in [6.07, 6.45) is 10.4. The van der Waals surface area contributed by atoms with E-state index in [1.807, 2.05) is 18.5 Å². The summed E-state index contributed by atoms with van der Waals surface area (Å²) in [6.45, 7) is 9.39. The summed E-state index contributed by atoms with van der Waals surface area (Å²) >= 11 is 1.57. The second-order valence-electron chi connectivity index (χ2n) is 9.99. The van der Waals surface area contributed by atoms with Gasteiger partial charge in [-0.15, -0.1) is 0 Å². The molecule has 0 amide bonds. The number of piperazine rings is 1. The van der Waals surface area contributed by atoms with Crippen molar-refractivity contribution in [2.75, 3.05) is 43.4 Å². The van der Waals surface area contributed by atoms with Gasteiger partial charge in [-0.25, -0.2) is 19.9 Å². The zero-order valence-electron chi connectivity index (χ0n) is 22.7. The monoisotopic (exact) mass is 542 g/mol. The number of rotatable bonds is 13. The summed E-state index contributed by atoms with van der Waals surface area (Å²) in [5, 5.41) is 7.53. The number of pyridine rings is 1. The number of unbranched alkanes of at least 4 members (excludes halogenated alkanes) is 3. The van der Waals surface area contributed by atoms with E-state index in [1.54, 1.807) is 17.5 Å². The Morgan fingerprint density at radius 1 is 0.821 bits per heavy atom. The van der Waals surface area contributed by atoms with E-state index in [4.69, 9.17) is 0 Å². The van der Waals surface area contributed by atoms with Gasteiger partial charge in [-0.2, -0.15) is 0 Å². The second-order valence-corrected chi connectivity index (χ2v) is 11.0. The Balaban J connectivity index is 1.12. The lowest BCUT2D eigenvalue weighted by Crippen LogP contribution is -2.45. The fraction of sp³-hybridized carbons (Fsp3) is 0.400. The minimum absolute atomic E-state index is 0.669. The predicted molar refractivity (Wildman–Crippen MR) is 160 cm³/mol. The van der Waals surface area contributed by atoms with Crippen LogP contribution in [0.15, 0.2) is 67.1 Å². The molecule has 0 unspecified atom stereocenters. The number of aromatic nitrogens is 4. The molecule has 1 aliphatic heterocycles. The van der Waals surface area contributed by atoms with Crippen LogP contribution in [0.5, 0.6) is 0 Å². The Hall–Kier alpha value is -3.40. The van der Waals surface area contributed by atoms with Crippen LogP contribution in [-0.2, 0) is 13.1 Å². The van der Waals surface area contributed by atoms with E-state index < -0.39 is 0 Å². The fourth-order valence-electron chi connectivity index (χ4n) is 4.74. The normalized spacial score (nSPS) is 14.4. The fourth-order valence-corrected chi connectivity index (χ4v) is 5.53. The van der Waals surface area contributed by atoms with Crippen LogP contribution in [0.3, 0.4) is 0 Å². The van der Waals surface area contributed by atoms with Crippen molar-refractivity contribution in [2.24, 2.45) is 0 Å². The number of nitrogens with zero attached hydrogens (tertiary/aromatic N) is 6. The number of thiazole rings is 1. The van der Waals surface area contributed by atoms with Gasteiger partial charge in [0.05, 0.1) is 10.6 Å². The third kappa shape index (κ3) is 8.29. The minimum atomic E-state index is 0.669. The van der Waals surface area contributed by atoms with Crippen LogP contribution in [-0.4, -0.2) is 62.5 Å². The van der Waals surface area contributed by atoms with Crippen LogP contribution in [0, 0.1) is 0 Å². The molecule has 0 spiro atoms. The van der Waals surface area contributed by atoms with Crippen LogP contribution in [0.2, 0.25) is 0 Å². The second kappa shape index (κ2) is 14.1. The maximum absolute atomic E-state index is 4.68. The molecule has 39 heavy (non-hydrogen) atoms. The standard InChI is InChI=1S/C30H38N8S/c1-2-3-4-8-13-32-29-33-15-12-26(35-29)27-21-34-30(39-27)36-28-20-25(11-14-31-28)23-38-18-16-37(17-19-38)22-24-9-6-5-7-10-24/h5-7,9-12,14-15,20-21H,2-4,8,13,16-19,22-23H2,1H3,(H,31,34,36)(H,32,33,35). The SMILES string of the molecule is CCCCCCNc1nccc(-c2cnc(Nc3cc(CN4CCN(Cc5ccccc5)CC4)ccn3)s2)n1. The molecule has 0 radical (unpaired) electrons. The predicted octanol–water partition coefficient (Wildman–Crippen LogP) is 6.05. The average Bonchev–Trinajstić information content (AvgIpc) is 3.43. The van der Waals surface area contributed by atoms with Gasteiger partial charge in [0.15, 0.2) is 5.13 Å². The maximum atomic E-state index is 4.68. The molecule has 0 aliphatic carbocycles. The first-order valence-electron chi connectivity index (χ1n) is 14.0. The van der Waals surface area contributed by atoms with Crippen molar-refractivity contribution in [3.8, 4) is 10.6 Å². The summed E-state index contributed by atoms with van der Waals surface area (Å²) in [5.74, 6) is 1.48. The molecule has 1 saturated heterocycles. The van der Waals surface area contributed by atoms with Crippen molar-refractivity contribution in [1.29, 1.82) is 0 Å². The van der Waals surface area contributed by atoms with Gasteiger partial charge < -0.3 is 10.6 Å². The molecule has 0 bridgehead atoms. The Bertz CT molecular complexity index is 1290. The summed E-state index contributed by atoms with van der Waals surface area (Å²) in [4.78, 5) is 24.2. The van der Waals surface area contributed by atoms with Crippen LogP contribution < -0.4 is 10.6 Å². The number of hydrogen-bond acceptors (Lipinski definition) is 9. The molecule has 204 valence electrons. The van der Waals surface area contributed by atoms with Crippen LogP contribution >= 0.6 is 11.3 Å². The van der Waals surface area contributed by atoms with Crippen molar-refractivity contribution >= 4 is 28.2 Å². The largest absolute Gasteiger partial charge is 0.354 e. The summed E-state index contributed by atoms with van der Waals surface area (Å²) < 4.78 is 0. The molecule has 1 fully saturated rings. The molecule has 9 heteroatoms. The van der Waals surface area contributed by atoms with Gasteiger partial charge in [0, 0.05) is 64.4 Å². The number of benzene rings is 1. The van der Waals surface area contributed by atoms with Crippen molar-refractivity contribution in [3.05, 3.63) is 78.2 Å². The van der Waals surface area contributed by atoms with Gasteiger partial charge in [0.2, 0.25) is 5.95 Å². The average molecular weight is 543 g/mol. The highest BCUT2D eigenvalue weighted by atomic mass is 32.1. The van der Waals surface area contributed by atoms with E-state index in [-0.39, 0.29) is 0 Å². The van der Waals surface area contributed by atoms with E-state index >= 15 is 0 Å². The molecule has 5 rings (SSSR count). The van der Waals surface area contributed by atoms with E-state index in [2.05, 4.69) is 89.8 Å². The van der Waals surface area contributed by atoms with E-state index in [9.17, 15) is 0 Å². The summed E-state index contributed by atoms with van der Waals surface area (Å²) in [7, 11) is 0. The highest BCUT2D eigenvalue weighted by molar-refractivity contribution is 7.18. The number of anilines is 3. The molecule has 1 aliphatic rings. The topological polar surface area (TPSA) is 82.1 Å². The van der Waals surface area contributed by atoms with Gasteiger partial charge in [-0.1, -0.05) is 67.9 Å². The lowest BCUT2D eigenvalue weighted by atomic mass is 10.2. The van der Waals surface area contributed by atoms with Crippen molar-refractivity contribution in [3.63, 3.8) is 0 Å². The summed E-state index contributed by atoms with van der Waals surface area (Å²) in [6, 6.07) is 16.9. The Labute approximate surface area is 235 Å². The first-order chi connectivity index (χ1) is 19.2. The molecule has 4 aromatic rings. The van der Waals surface area contributed by atoms with Crippen molar-refractivity contribution < 1.29 is 0 Å². The van der Waals surface area contributed by atoms with Crippen molar-refractivity contribution in [1.82, 2.24) is 29.7 Å². The Morgan fingerprint density at radius 3 is 2.38 bits per heavy atom. The van der Waals surface area contributed by atoms with Crippen LogP contribution in [0.1, 0.15) is 43.7 Å². The van der Waals surface area contributed by atoms with E-state index in [0.717, 1.165) is 73.8 Å². The van der Waals surface area contributed by atoms with E-state index in [0.29, 0.717) is 5.95 Å². The molecule has 8 nitrogen and oxygen atoms in total. The molecular formula is C30H38N8S. The lowest BCUT2D eigenvalue weighted by molar-refractivity contribution is 0.122. The highest BCUT2D eigenvalue weighted by Crippen LogP contribution is 2.29. The first kappa shape index (κ1) is 27.2. The molecule has 2 N–H and O–H groups in total. The quantitative estimate of drug-likeness (QED) is 0.198. The number of hydrogen-bond donors (Lipinski definition) is 2. The van der Waals surface area contributed by atoms with Crippen LogP contribution in [0.25, 0.3) is 10.6 Å². The van der Waals surface area contributed by atoms with Gasteiger partial charge in [-0.05, 0) is 35.7 Å². The Kier molecular flexibility index (Phi) is 9.84. The zero-order valence-corrected chi connectivity index (χ0v) is 23.5. The Morgan fingerprint density at radius 2 is 1.59 bits per heavy atom. The minimum Gasteiger partial charge on any atom is -0.354 e. The molecular weight excluding hydrogens is 504 g/mol. The first-order valence-corrected chi connectivity index (χ1v) is 14.8. The van der Waals surface area contributed by atoms with Gasteiger partial charge in [0.25, 0.3) is 0 Å². The summed E-state index contributed by atoms with van der Waals surface area (Å²) in [5.41, 5.74) is 3.52. The molecule has 0 atom stereocenters.